The summed E-state index contributed by atoms with van der Waals surface area (Å²) in [5.41, 5.74) is 2.01. The van der Waals surface area contributed by atoms with E-state index >= 15 is 0 Å². The average Bonchev–Trinajstić information content (AvgIpc) is 2.44. The minimum absolute atomic E-state index is 0.0198. The molecule has 6 heteroatoms. The van der Waals surface area contributed by atoms with Crippen LogP contribution in [0.1, 0.15) is 25.0 Å². The molecule has 2 amide bonds. The van der Waals surface area contributed by atoms with Crippen LogP contribution in [0, 0.1) is 12.8 Å². The van der Waals surface area contributed by atoms with Crippen LogP contribution in [0.4, 0.5) is 0 Å². The largest absolute Gasteiger partial charge is 0.481 e. The Kier molecular flexibility index (Phi) is 6.56. The van der Waals surface area contributed by atoms with Crippen LogP contribution in [0.25, 0.3) is 0 Å². The maximum Gasteiger partial charge on any atom is 0.308 e. The second kappa shape index (κ2) is 8.17. The van der Waals surface area contributed by atoms with Gasteiger partial charge in [0.15, 0.2) is 0 Å². The topological polar surface area (TPSA) is 95.5 Å². The molecule has 3 N–H and O–H groups in total. The van der Waals surface area contributed by atoms with Gasteiger partial charge in [-0.25, -0.2) is 0 Å². The number of benzene rings is 1. The number of hydrogen-bond donors (Lipinski definition) is 3. The Labute approximate surface area is 129 Å². The van der Waals surface area contributed by atoms with Gasteiger partial charge in [-0.1, -0.05) is 29.8 Å². The highest BCUT2D eigenvalue weighted by Gasteiger charge is 2.21. The first-order chi connectivity index (χ1) is 10.3. The van der Waals surface area contributed by atoms with Crippen LogP contribution >= 0.6 is 0 Å². The zero-order valence-corrected chi connectivity index (χ0v) is 13.1. The minimum Gasteiger partial charge on any atom is -0.481 e. The molecule has 6 nitrogen and oxygen atoms in total. The van der Waals surface area contributed by atoms with Gasteiger partial charge in [0.05, 0.1) is 5.92 Å². The third-order valence-corrected chi connectivity index (χ3v) is 3.29. The predicted octanol–water partition coefficient (Wildman–Crippen LogP) is 0.879. The molecule has 1 rings (SSSR count). The van der Waals surface area contributed by atoms with E-state index in [0.29, 0.717) is 6.42 Å². The molecule has 0 fully saturated rings. The molecule has 0 saturated heterocycles. The van der Waals surface area contributed by atoms with Crippen molar-refractivity contribution in [3.63, 3.8) is 0 Å². The van der Waals surface area contributed by atoms with Crippen molar-refractivity contribution in [2.45, 2.75) is 33.2 Å². The maximum absolute atomic E-state index is 11.8. The van der Waals surface area contributed by atoms with Crippen LogP contribution in [-0.2, 0) is 20.8 Å². The zero-order chi connectivity index (χ0) is 16.7. The first kappa shape index (κ1) is 17.7. The highest BCUT2D eigenvalue weighted by Crippen LogP contribution is 2.10. The minimum atomic E-state index is -0.965. The molecule has 0 spiro atoms. The van der Waals surface area contributed by atoms with E-state index in [2.05, 4.69) is 10.6 Å². The summed E-state index contributed by atoms with van der Waals surface area (Å²) in [5, 5.41) is 14.3. The number of carboxylic acids is 1. The molecule has 0 radical (unpaired) electrons. The quantitative estimate of drug-likeness (QED) is 0.697. The van der Waals surface area contributed by atoms with Crippen molar-refractivity contribution in [2.24, 2.45) is 5.92 Å². The highest BCUT2D eigenvalue weighted by atomic mass is 16.4. The summed E-state index contributed by atoms with van der Waals surface area (Å²) in [6.07, 6.45) is 0.338. The van der Waals surface area contributed by atoms with E-state index in [1.807, 2.05) is 31.2 Å². The fourth-order valence-electron chi connectivity index (χ4n) is 2.00. The molecule has 1 aromatic carbocycles. The van der Waals surface area contributed by atoms with Gasteiger partial charge in [0.1, 0.15) is 6.04 Å². The molecule has 0 saturated carbocycles. The van der Waals surface area contributed by atoms with Crippen LogP contribution < -0.4 is 10.6 Å². The first-order valence-corrected chi connectivity index (χ1v) is 7.12. The molecule has 1 aromatic rings. The lowest BCUT2D eigenvalue weighted by atomic mass is 9.98. The Morgan fingerprint density at radius 2 is 1.77 bits per heavy atom. The van der Waals surface area contributed by atoms with Crippen molar-refractivity contribution in [1.82, 2.24) is 10.6 Å². The SMILES string of the molecule is CC(=O)NC(C)C(=O)NCC(Cc1ccc(C)cc1)C(=O)O. The predicted molar refractivity (Wildman–Crippen MR) is 82.3 cm³/mol. The summed E-state index contributed by atoms with van der Waals surface area (Å²) in [6.45, 7) is 4.85. The number of carboxylic acid groups (broad SMARTS) is 1. The van der Waals surface area contributed by atoms with Gasteiger partial charge in [0.2, 0.25) is 11.8 Å². The second-order valence-electron chi connectivity index (χ2n) is 5.39. The Hall–Kier alpha value is -2.37. The third-order valence-electron chi connectivity index (χ3n) is 3.29. The van der Waals surface area contributed by atoms with E-state index in [-0.39, 0.29) is 12.5 Å². The van der Waals surface area contributed by atoms with Gasteiger partial charge in [0.25, 0.3) is 0 Å². The third kappa shape index (κ3) is 5.95. The van der Waals surface area contributed by atoms with Crippen LogP contribution in [0.3, 0.4) is 0 Å². The van der Waals surface area contributed by atoms with E-state index in [1.54, 1.807) is 6.92 Å². The summed E-state index contributed by atoms with van der Waals surface area (Å²) in [5.74, 6) is -2.38. The molecule has 120 valence electrons. The molecule has 2 unspecified atom stereocenters. The normalized spacial score (nSPS) is 13.0. The van der Waals surface area contributed by atoms with Crippen molar-refractivity contribution >= 4 is 17.8 Å². The van der Waals surface area contributed by atoms with Gasteiger partial charge in [-0.05, 0) is 25.8 Å². The summed E-state index contributed by atoms with van der Waals surface area (Å²) in [7, 11) is 0. The van der Waals surface area contributed by atoms with Crippen molar-refractivity contribution in [1.29, 1.82) is 0 Å². The summed E-state index contributed by atoms with van der Waals surface area (Å²) in [6, 6.07) is 6.92. The molecule has 0 aliphatic heterocycles. The number of hydrogen-bond acceptors (Lipinski definition) is 3. The van der Waals surface area contributed by atoms with E-state index < -0.39 is 23.8 Å². The smallest absolute Gasteiger partial charge is 0.308 e. The number of aryl methyl sites for hydroxylation is 1. The van der Waals surface area contributed by atoms with Gasteiger partial charge in [-0.15, -0.1) is 0 Å². The first-order valence-electron chi connectivity index (χ1n) is 7.12. The van der Waals surface area contributed by atoms with Gasteiger partial charge in [-0.2, -0.15) is 0 Å². The van der Waals surface area contributed by atoms with E-state index in [9.17, 15) is 19.5 Å². The number of carbonyl (C=O) groups excluding carboxylic acids is 2. The Balaban J connectivity index is 2.58. The highest BCUT2D eigenvalue weighted by molar-refractivity contribution is 5.86. The molecule has 0 aliphatic rings. The van der Waals surface area contributed by atoms with Crippen molar-refractivity contribution in [3.8, 4) is 0 Å². The monoisotopic (exact) mass is 306 g/mol. The van der Waals surface area contributed by atoms with Gasteiger partial charge < -0.3 is 15.7 Å². The van der Waals surface area contributed by atoms with Crippen LogP contribution in [-0.4, -0.2) is 35.5 Å². The van der Waals surface area contributed by atoms with Crippen LogP contribution in [0.5, 0.6) is 0 Å². The van der Waals surface area contributed by atoms with Crippen LogP contribution in [0.15, 0.2) is 24.3 Å². The van der Waals surface area contributed by atoms with E-state index in [4.69, 9.17) is 0 Å². The van der Waals surface area contributed by atoms with E-state index in [0.717, 1.165) is 11.1 Å². The number of carbonyl (C=O) groups is 3. The Morgan fingerprint density at radius 1 is 1.18 bits per heavy atom. The molecule has 0 bridgehead atoms. The summed E-state index contributed by atoms with van der Waals surface area (Å²) in [4.78, 5) is 34.0. The van der Waals surface area contributed by atoms with Gasteiger partial charge >= 0.3 is 5.97 Å². The number of rotatable bonds is 7. The van der Waals surface area contributed by atoms with Crippen molar-refractivity contribution < 1.29 is 19.5 Å². The molecule has 2 atom stereocenters. The number of aliphatic carboxylic acids is 1. The lowest BCUT2D eigenvalue weighted by Gasteiger charge is -2.16. The second-order valence-corrected chi connectivity index (χ2v) is 5.39. The van der Waals surface area contributed by atoms with Crippen LogP contribution in [0.2, 0.25) is 0 Å². The Morgan fingerprint density at radius 3 is 2.27 bits per heavy atom. The molecule has 0 aliphatic carbocycles. The molecule has 0 aromatic heterocycles. The maximum atomic E-state index is 11.8. The number of amides is 2. The van der Waals surface area contributed by atoms with E-state index in [1.165, 1.54) is 6.92 Å². The molecule has 0 heterocycles. The zero-order valence-electron chi connectivity index (χ0n) is 13.1. The lowest BCUT2D eigenvalue weighted by Crippen LogP contribution is -2.46. The van der Waals surface area contributed by atoms with Gasteiger partial charge in [0, 0.05) is 13.5 Å². The van der Waals surface area contributed by atoms with Crippen molar-refractivity contribution in [2.75, 3.05) is 6.54 Å². The molecular formula is C16H22N2O4. The standard InChI is InChI=1S/C16H22N2O4/c1-10-4-6-13(7-5-10)8-14(16(21)22)9-17-15(20)11(2)18-12(3)19/h4-7,11,14H,8-9H2,1-3H3,(H,17,20)(H,18,19)(H,21,22). The van der Waals surface area contributed by atoms with Gasteiger partial charge in [-0.3, -0.25) is 14.4 Å². The lowest BCUT2D eigenvalue weighted by molar-refractivity contribution is -0.141. The molecular weight excluding hydrogens is 284 g/mol. The average molecular weight is 306 g/mol. The summed E-state index contributed by atoms with van der Waals surface area (Å²) < 4.78 is 0. The summed E-state index contributed by atoms with van der Waals surface area (Å²) >= 11 is 0. The Bertz CT molecular complexity index is 540. The fourth-order valence-corrected chi connectivity index (χ4v) is 2.00. The molecule has 22 heavy (non-hydrogen) atoms. The fraction of sp³-hybridized carbons (Fsp3) is 0.438. The van der Waals surface area contributed by atoms with Crippen molar-refractivity contribution in [3.05, 3.63) is 35.4 Å². The number of nitrogens with one attached hydrogen (secondary N) is 2.